The summed E-state index contributed by atoms with van der Waals surface area (Å²) in [5, 5.41) is 2.83. The number of nitrogens with one attached hydrogen (secondary N) is 1. The quantitative estimate of drug-likeness (QED) is 0.802. The van der Waals surface area contributed by atoms with E-state index in [0.29, 0.717) is 11.6 Å². The molecule has 1 heterocycles. The van der Waals surface area contributed by atoms with Crippen LogP contribution in [0.2, 0.25) is 0 Å². The van der Waals surface area contributed by atoms with E-state index in [1.165, 1.54) is 12.1 Å². The zero-order valence-corrected chi connectivity index (χ0v) is 15.0. The van der Waals surface area contributed by atoms with Crippen LogP contribution in [0.4, 0.5) is 14.5 Å². The van der Waals surface area contributed by atoms with E-state index in [1.54, 1.807) is 12.1 Å². The van der Waals surface area contributed by atoms with E-state index in [4.69, 9.17) is 4.74 Å². The minimum absolute atomic E-state index is 0.0606. The lowest BCUT2D eigenvalue weighted by molar-refractivity contribution is -0.121. The van der Waals surface area contributed by atoms with E-state index < -0.39 is 6.61 Å². The van der Waals surface area contributed by atoms with Crippen molar-refractivity contribution < 1.29 is 23.0 Å². The van der Waals surface area contributed by atoms with Crippen molar-refractivity contribution in [1.82, 2.24) is 4.98 Å². The molecule has 27 heavy (non-hydrogen) atoms. The van der Waals surface area contributed by atoms with Gasteiger partial charge in [-0.3, -0.25) is 4.79 Å². The third-order valence-electron chi connectivity index (χ3n) is 4.54. The third-order valence-corrected chi connectivity index (χ3v) is 4.54. The van der Waals surface area contributed by atoms with Gasteiger partial charge in [-0.05, 0) is 62.9 Å². The van der Waals surface area contributed by atoms with Crippen LogP contribution in [-0.2, 0) is 4.79 Å². The van der Waals surface area contributed by atoms with Crippen LogP contribution in [0.5, 0.6) is 11.6 Å². The van der Waals surface area contributed by atoms with Gasteiger partial charge in [0.2, 0.25) is 11.8 Å². The van der Waals surface area contributed by atoms with Crippen molar-refractivity contribution in [2.75, 3.05) is 5.32 Å². The lowest BCUT2D eigenvalue weighted by atomic mass is 9.86. The average Bonchev–Trinajstić information content (AvgIpc) is 2.63. The van der Waals surface area contributed by atoms with Crippen molar-refractivity contribution in [1.29, 1.82) is 0 Å². The van der Waals surface area contributed by atoms with Crippen molar-refractivity contribution in [3.8, 4) is 11.6 Å². The summed E-state index contributed by atoms with van der Waals surface area (Å²) in [4.78, 5) is 16.8. The molecule has 1 amide bonds. The molecule has 1 aromatic carbocycles. The minimum Gasteiger partial charge on any atom is -0.474 e. The Balaban J connectivity index is 1.47. The Bertz CT molecular complexity index is 760. The zero-order valence-electron chi connectivity index (χ0n) is 15.0. The van der Waals surface area contributed by atoms with Gasteiger partial charge >= 0.3 is 6.61 Å². The van der Waals surface area contributed by atoms with Crippen molar-refractivity contribution >= 4 is 11.6 Å². The van der Waals surface area contributed by atoms with Gasteiger partial charge in [-0.25, -0.2) is 4.98 Å². The predicted molar refractivity (Wildman–Crippen MR) is 97.1 cm³/mol. The van der Waals surface area contributed by atoms with Gasteiger partial charge < -0.3 is 14.8 Å². The second-order valence-corrected chi connectivity index (χ2v) is 6.60. The highest BCUT2D eigenvalue weighted by atomic mass is 19.3. The van der Waals surface area contributed by atoms with E-state index in [9.17, 15) is 13.6 Å². The summed E-state index contributed by atoms with van der Waals surface area (Å²) in [7, 11) is 0. The number of alkyl halides is 2. The maximum Gasteiger partial charge on any atom is 0.387 e. The minimum atomic E-state index is -2.86. The van der Waals surface area contributed by atoms with Crippen molar-refractivity contribution in [2.45, 2.75) is 45.3 Å². The summed E-state index contributed by atoms with van der Waals surface area (Å²) in [5.41, 5.74) is 1.47. The summed E-state index contributed by atoms with van der Waals surface area (Å²) in [6.45, 7) is -0.946. The Hall–Kier alpha value is -2.70. The number of hydrogen-bond acceptors (Lipinski definition) is 4. The Labute approximate surface area is 156 Å². The molecule has 0 saturated heterocycles. The molecule has 0 spiro atoms. The Morgan fingerprint density at radius 2 is 1.81 bits per heavy atom. The molecule has 5 nitrogen and oxygen atoms in total. The van der Waals surface area contributed by atoms with Gasteiger partial charge in [0.1, 0.15) is 11.9 Å². The molecule has 2 aromatic rings. The van der Waals surface area contributed by atoms with Gasteiger partial charge in [0.25, 0.3) is 0 Å². The summed E-state index contributed by atoms with van der Waals surface area (Å²) in [6, 6.07) is 11.6. The zero-order chi connectivity index (χ0) is 19.2. The second kappa shape index (κ2) is 8.79. The molecule has 0 atom stereocenters. The largest absolute Gasteiger partial charge is 0.474 e. The highest BCUT2D eigenvalue weighted by Gasteiger charge is 2.27. The standard InChI is InChI=1S/C20H22F2N2O3/c1-13-3-2-4-18(23-13)26-16-9-5-14(6-10-16)19(25)24-15-7-11-17(12-8-15)27-20(21)22/h2-4,7-8,11-12,14,16,20H,5-6,9-10H2,1H3,(H,24,25). The van der Waals surface area contributed by atoms with Gasteiger partial charge in [-0.2, -0.15) is 8.78 Å². The lowest BCUT2D eigenvalue weighted by Crippen LogP contribution is -2.31. The number of amides is 1. The van der Waals surface area contributed by atoms with Crippen LogP contribution in [0, 0.1) is 12.8 Å². The number of anilines is 1. The molecule has 0 aliphatic heterocycles. The normalized spacial score (nSPS) is 19.6. The molecule has 1 aromatic heterocycles. The fourth-order valence-electron chi connectivity index (χ4n) is 3.16. The summed E-state index contributed by atoms with van der Waals surface area (Å²) < 4.78 is 34.5. The maximum atomic E-state index is 12.4. The number of hydrogen-bond donors (Lipinski definition) is 1. The van der Waals surface area contributed by atoms with E-state index in [0.717, 1.165) is 31.4 Å². The fourth-order valence-corrected chi connectivity index (χ4v) is 3.16. The number of carbonyl (C=O) groups is 1. The first kappa shape index (κ1) is 19.1. The van der Waals surface area contributed by atoms with Crippen molar-refractivity contribution in [2.24, 2.45) is 5.92 Å². The number of halogens is 2. The van der Waals surface area contributed by atoms with E-state index in [-0.39, 0.29) is 23.7 Å². The van der Waals surface area contributed by atoms with Gasteiger partial charge in [-0.1, -0.05) is 6.07 Å². The molecule has 1 saturated carbocycles. The Kier molecular flexibility index (Phi) is 6.21. The first-order valence-electron chi connectivity index (χ1n) is 8.95. The highest BCUT2D eigenvalue weighted by molar-refractivity contribution is 5.92. The predicted octanol–water partition coefficient (Wildman–Crippen LogP) is 4.57. The number of rotatable bonds is 6. The van der Waals surface area contributed by atoms with Gasteiger partial charge in [0, 0.05) is 23.4 Å². The van der Waals surface area contributed by atoms with Crippen LogP contribution < -0.4 is 14.8 Å². The summed E-state index contributed by atoms with van der Waals surface area (Å²) >= 11 is 0. The first-order valence-corrected chi connectivity index (χ1v) is 8.95. The molecule has 0 radical (unpaired) electrons. The molecule has 0 unspecified atom stereocenters. The molecule has 1 aliphatic carbocycles. The molecule has 7 heteroatoms. The van der Waals surface area contributed by atoms with Crippen LogP contribution in [-0.4, -0.2) is 23.6 Å². The number of aryl methyl sites for hydroxylation is 1. The van der Waals surface area contributed by atoms with Crippen molar-refractivity contribution in [3.63, 3.8) is 0 Å². The van der Waals surface area contributed by atoms with E-state index in [2.05, 4.69) is 15.0 Å². The van der Waals surface area contributed by atoms with Gasteiger partial charge in [-0.15, -0.1) is 0 Å². The van der Waals surface area contributed by atoms with Crippen LogP contribution in [0.15, 0.2) is 42.5 Å². The van der Waals surface area contributed by atoms with Crippen LogP contribution in [0.1, 0.15) is 31.4 Å². The Morgan fingerprint density at radius 3 is 2.44 bits per heavy atom. The van der Waals surface area contributed by atoms with Gasteiger partial charge in [0.05, 0.1) is 0 Å². The van der Waals surface area contributed by atoms with E-state index in [1.807, 2.05) is 25.1 Å². The SMILES string of the molecule is Cc1cccc(OC2CCC(C(=O)Nc3ccc(OC(F)F)cc3)CC2)n1. The van der Waals surface area contributed by atoms with Crippen molar-refractivity contribution in [3.05, 3.63) is 48.2 Å². The average molecular weight is 376 g/mol. The highest BCUT2D eigenvalue weighted by Crippen LogP contribution is 2.28. The molecular formula is C20H22F2N2O3. The molecule has 0 bridgehead atoms. The second-order valence-electron chi connectivity index (χ2n) is 6.60. The monoisotopic (exact) mass is 376 g/mol. The number of carbonyl (C=O) groups excluding carboxylic acids is 1. The molecule has 3 rings (SSSR count). The molecule has 1 aliphatic rings. The lowest BCUT2D eigenvalue weighted by Gasteiger charge is -2.28. The number of benzene rings is 1. The molecule has 144 valence electrons. The summed E-state index contributed by atoms with van der Waals surface area (Å²) in [6.07, 6.45) is 3.10. The van der Waals surface area contributed by atoms with Crippen LogP contribution in [0.25, 0.3) is 0 Å². The number of aromatic nitrogens is 1. The topological polar surface area (TPSA) is 60.5 Å². The fraction of sp³-hybridized carbons (Fsp3) is 0.400. The van der Waals surface area contributed by atoms with Crippen LogP contribution in [0.3, 0.4) is 0 Å². The number of nitrogens with zero attached hydrogens (tertiary/aromatic N) is 1. The Morgan fingerprint density at radius 1 is 1.11 bits per heavy atom. The molecular weight excluding hydrogens is 354 g/mol. The molecule has 1 fully saturated rings. The van der Waals surface area contributed by atoms with E-state index >= 15 is 0 Å². The first-order chi connectivity index (χ1) is 13.0. The van der Waals surface area contributed by atoms with Crippen LogP contribution >= 0.6 is 0 Å². The summed E-state index contributed by atoms with van der Waals surface area (Å²) in [5.74, 6) is 0.524. The molecule has 1 N–H and O–H groups in total. The maximum absolute atomic E-state index is 12.4. The smallest absolute Gasteiger partial charge is 0.387 e. The number of ether oxygens (including phenoxy) is 2. The third kappa shape index (κ3) is 5.64. The number of pyridine rings is 1. The van der Waals surface area contributed by atoms with Gasteiger partial charge in [0.15, 0.2) is 0 Å².